The van der Waals surface area contributed by atoms with Crippen molar-refractivity contribution >= 4 is 0 Å². The summed E-state index contributed by atoms with van der Waals surface area (Å²) in [4.78, 5) is 0. The molecule has 2 rings (SSSR count). The van der Waals surface area contributed by atoms with Gasteiger partial charge in [-0.05, 0) is 44.4 Å². The second-order valence-electron chi connectivity index (χ2n) is 5.05. The molecule has 3 atom stereocenters. The maximum atomic E-state index is 9.09. The monoisotopic (exact) mass is 207 g/mol. The molecular formula is C13H21NO. The van der Waals surface area contributed by atoms with Crippen LogP contribution in [-0.2, 0) is 4.74 Å². The summed E-state index contributed by atoms with van der Waals surface area (Å²) in [5.74, 6) is 0.952. The molecular weight excluding hydrogens is 186 g/mol. The number of ether oxygens (including phenoxy) is 1. The van der Waals surface area contributed by atoms with E-state index in [9.17, 15) is 0 Å². The molecule has 0 aromatic carbocycles. The molecule has 0 spiro atoms. The Morgan fingerprint density at radius 2 is 2.07 bits per heavy atom. The molecule has 0 aliphatic heterocycles. The summed E-state index contributed by atoms with van der Waals surface area (Å²) in [6, 6.07) is 2.43. The summed E-state index contributed by atoms with van der Waals surface area (Å²) >= 11 is 0. The van der Waals surface area contributed by atoms with Gasteiger partial charge in [0.1, 0.15) is 0 Å². The standard InChI is InChI=1S/C13H21NO/c1-2-10-6-7-11(9-14)13(8-10)15-12-4-3-5-12/h10-13H,2-8H2,1H3. The van der Waals surface area contributed by atoms with Crippen molar-refractivity contribution in [2.75, 3.05) is 0 Å². The Morgan fingerprint density at radius 1 is 1.27 bits per heavy atom. The summed E-state index contributed by atoms with van der Waals surface area (Å²) in [6.07, 6.45) is 9.07. The van der Waals surface area contributed by atoms with Crippen molar-refractivity contribution in [3.8, 4) is 6.07 Å². The second-order valence-corrected chi connectivity index (χ2v) is 5.05. The van der Waals surface area contributed by atoms with E-state index in [1.165, 1.54) is 32.1 Å². The number of nitriles is 1. The summed E-state index contributed by atoms with van der Waals surface area (Å²) in [5, 5.41) is 9.09. The van der Waals surface area contributed by atoms with E-state index in [1.807, 2.05) is 0 Å². The quantitative estimate of drug-likeness (QED) is 0.711. The van der Waals surface area contributed by atoms with Gasteiger partial charge >= 0.3 is 0 Å². The molecule has 2 aliphatic carbocycles. The van der Waals surface area contributed by atoms with Crippen LogP contribution >= 0.6 is 0 Å². The van der Waals surface area contributed by atoms with E-state index in [1.54, 1.807) is 0 Å². The molecule has 2 nitrogen and oxygen atoms in total. The lowest BCUT2D eigenvalue weighted by Gasteiger charge is -2.37. The minimum Gasteiger partial charge on any atom is -0.374 e. The summed E-state index contributed by atoms with van der Waals surface area (Å²) in [6.45, 7) is 2.25. The lowest BCUT2D eigenvalue weighted by molar-refractivity contribution is -0.0875. The van der Waals surface area contributed by atoms with Crippen LogP contribution in [0, 0.1) is 23.2 Å². The Morgan fingerprint density at radius 3 is 2.60 bits per heavy atom. The Hall–Kier alpha value is -0.550. The van der Waals surface area contributed by atoms with E-state index in [4.69, 9.17) is 10.00 Å². The fourth-order valence-corrected chi connectivity index (χ4v) is 2.63. The average molecular weight is 207 g/mol. The predicted octanol–water partition coefficient (Wildman–Crippen LogP) is 3.27. The Labute approximate surface area is 92.6 Å². The van der Waals surface area contributed by atoms with Crippen LogP contribution < -0.4 is 0 Å². The van der Waals surface area contributed by atoms with Crippen LogP contribution in [-0.4, -0.2) is 12.2 Å². The van der Waals surface area contributed by atoms with Crippen molar-refractivity contribution in [2.45, 2.75) is 64.1 Å². The van der Waals surface area contributed by atoms with E-state index in [0.29, 0.717) is 6.10 Å². The summed E-state index contributed by atoms with van der Waals surface area (Å²) in [7, 11) is 0. The first-order valence-corrected chi connectivity index (χ1v) is 6.38. The highest BCUT2D eigenvalue weighted by Gasteiger charge is 2.33. The summed E-state index contributed by atoms with van der Waals surface area (Å²) in [5.41, 5.74) is 0. The third-order valence-corrected chi connectivity index (χ3v) is 4.06. The van der Waals surface area contributed by atoms with Crippen LogP contribution in [0.25, 0.3) is 0 Å². The smallest absolute Gasteiger partial charge is 0.0739 e. The molecule has 0 radical (unpaired) electrons. The molecule has 2 aliphatic rings. The molecule has 0 aromatic rings. The molecule has 0 amide bonds. The van der Waals surface area contributed by atoms with Gasteiger partial charge in [-0.1, -0.05) is 13.3 Å². The zero-order valence-corrected chi connectivity index (χ0v) is 9.61. The van der Waals surface area contributed by atoms with Gasteiger partial charge in [-0.25, -0.2) is 0 Å². The van der Waals surface area contributed by atoms with E-state index >= 15 is 0 Å². The second kappa shape index (κ2) is 4.99. The van der Waals surface area contributed by atoms with Gasteiger partial charge in [-0.2, -0.15) is 5.26 Å². The number of rotatable bonds is 3. The topological polar surface area (TPSA) is 33.0 Å². The molecule has 0 aromatic heterocycles. The van der Waals surface area contributed by atoms with Crippen molar-refractivity contribution in [3.05, 3.63) is 0 Å². The predicted molar refractivity (Wildman–Crippen MR) is 59.2 cm³/mol. The molecule has 3 unspecified atom stereocenters. The van der Waals surface area contributed by atoms with Crippen molar-refractivity contribution in [3.63, 3.8) is 0 Å². The van der Waals surface area contributed by atoms with Crippen molar-refractivity contribution in [1.82, 2.24) is 0 Å². The first kappa shape index (κ1) is 11.0. The van der Waals surface area contributed by atoms with Gasteiger partial charge in [-0.15, -0.1) is 0 Å². The van der Waals surface area contributed by atoms with E-state index in [0.717, 1.165) is 18.8 Å². The van der Waals surface area contributed by atoms with Gasteiger partial charge in [0.15, 0.2) is 0 Å². The third kappa shape index (κ3) is 2.52. The van der Waals surface area contributed by atoms with E-state index in [-0.39, 0.29) is 12.0 Å². The molecule has 2 saturated carbocycles. The highest BCUT2D eigenvalue weighted by molar-refractivity contribution is 4.94. The van der Waals surface area contributed by atoms with Gasteiger partial charge in [0.25, 0.3) is 0 Å². The Bertz CT molecular complexity index is 239. The average Bonchev–Trinajstić information content (AvgIpc) is 2.23. The maximum absolute atomic E-state index is 9.09. The van der Waals surface area contributed by atoms with Crippen molar-refractivity contribution < 1.29 is 4.74 Å². The lowest BCUT2D eigenvalue weighted by Crippen LogP contribution is -2.36. The molecule has 2 heteroatoms. The number of hydrogen-bond acceptors (Lipinski definition) is 2. The maximum Gasteiger partial charge on any atom is 0.0739 e. The minimum absolute atomic E-state index is 0.161. The van der Waals surface area contributed by atoms with Crippen LogP contribution in [0.1, 0.15) is 51.9 Å². The Kier molecular flexibility index (Phi) is 3.64. The first-order valence-electron chi connectivity index (χ1n) is 6.38. The molecule has 84 valence electrons. The lowest BCUT2D eigenvalue weighted by atomic mass is 9.79. The minimum atomic E-state index is 0.161. The fourth-order valence-electron chi connectivity index (χ4n) is 2.63. The SMILES string of the molecule is CCC1CCC(C#N)C(OC2CCC2)C1. The normalized spacial score (nSPS) is 36.9. The molecule has 0 saturated heterocycles. The molecule has 0 heterocycles. The van der Waals surface area contributed by atoms with Crippen molar-refractivity contribution in [2.24, 2.45) is 11.8 Å². The molecule has 0 bridgehead atoms. The molecule has 15 heavy (non-hydrogen) atoms. The molecule has 0 N–H and O–H groups in total. The zero-order valence-electron chi connectivity index (χ0n) is 9.61. The first-order chi connectivity index (χ1) is 7.33. The zero-order chi connectivity index (χ0) is 10.7. The molecule has 2 fully saturated rings. The van der Waals surface area contributed by atoms with Gasteiger partial charge in [0, 0.05) is 0 Å². The number of nitrogens with zero attached hydrogens (tertiary/aromatic N) is 1. The van der Waals surface area contributed by atoms with Crippen LogP contribution in [0.3, 0.4) is 0 Å². The van der Waals surface area contributed by atoms with Crippen LogP contribution in [0.4, 0.5) is 0 Å². The van der Waals surface area contributed by atoms with Crippen LogP contribution in [0.5, 0.6) is 0 Å². The van der Waals surface area contributed by atoms with Gasteiger partial charge in [0.2, 0.25) is 0 Å². The van der Waals surface area contributed by atoms with Gasteiger partial charge in [0.05, 0.1) is 24.2 Å². The largest absolute Gasteiger partial charge is 0.374 e. The van der Waals surface area contributed by atoms with Crippen LogP contribution in [0.15, 0.2) is 0 Å². The van der Waals surface area contributed by atoms with Gasteiger partial charge < -0.3 is 4.74 Å². The van der Waals surface area contributed by atoms with E-state index in [2.05, 4.69) is 13.0 Å². The fraction of sp³-hybridized carbons (Fsp3) is 0.923. The third-order valence-electron chi connectivity index (χ3n) is 4.06. The highest BCUT2D eigenvalue weighted by Crippen LogP contribution is 2.35. The Balaban J connectivity index is 1.88. The highest BCUT2D eigenvalue weighted by atomic mass is 16.5. The summed E-state index contributed by atoms with van der Waals surface area (Å²) < 4.78 is 6.04. The van der Waals surface area contributed by atoms with Crippen molar-refractivity contribution in [1.29, 1.82) is 5.26 Å². The van der Waals surface area contributed by atoms with Gasteiger partial charge in [-0.3, -0.25) is 0 Å². The van der Waals surface area contributed by atoms with Crippen LogP contribution in [0.2, 0.25) is 0 Å². The van der Waals surface area contributed by atoms with E-state index < -0.39 is 0 Å². The number of hydrogen-bond donors (Lipinski definition) is 0.